The summed E-state index contributed by atoms with van der Waals surface area (Å²) < 4.78 is 0. The summed E-state index contributed by atoms with van der Waals surface area (Å²) in [6.45, 7) is 4.18. The Hall–Kier alpha value is -0.860. The molecule has 2 nitrogen and oxygen atoms in total. The molecular weight excluding hydrogens is 208 g/mol. The normalized spacial score (nSPS) is 24.6. The van der Waals surface area contributed by atoms with E-state index in [1.165, 1.54) is 24.8 Å². The van der Waals surface area contributed by atoms with Gasteiger partial charge in [0.2, 0.25) is 0 Å². The Morgan fingerprint density at radius 3 is 2.82 bits per heavy atom. The number of rotatable bonds is 7. The number of benzene rings is 1. The molecule has 94 valence electrons. The van der Waals surface area contributed by atoms with Crippen LogP contribution in [0.1, 0.15) is 37.7 Å². The van der Waals surface area contributed by atoms with Gasteiger partial charge in [-0.3, -0.25) is 0 Å². The lowest BCUT2D eigenvalue weighted by Crippen LogP contribution is -2.20. The minimum absolute atomic E-state index is 0.668. The van der Waals surface area contributed by atoms with Crippen molar-refractivity contribution < 1.29 is 0 Å². The van der Waals surface area contributed by atoms with Crippen LogP contribution in [0.3, 0.4) is 0 Å². The van der Waals surface area contributed by atoms with E-state index in [4.69, 9.17) is 5.73 Å². The monoisotopic (exact) mass is 232 g/mol. The molecule has 0 spiro atoms. The number of nitrogens with one attached hydrogen (secondary N) is 1. The van der Waals surface area contributed by atoms with Crippen LogP contribution >= 0.6 is 0 Å². The second kappa shape index (κ2) is 6.18. The van der Waals surface area contributed by atoms with Gasteiger partial charge in [-0.15, -0.1) is 0 Å². The summed E-state index contributed by atoms with van der Waals surface area (Å²) in [5.74, 6) is 1.42. The molecule has 3 N–H and O–H groups in total. The van der Waals surface area contributed by atoms with Gasteiger partial charge in [0.1, 0.15) is 0 Å². The lowest BCUT2D eigenvalue weighted by atomic mass is 10.1. The molecule has 0 radical (unpaired) electrons. The fourth-order valence-electron chi connectivity index (χ4n) is 2.35. The van der Waals surface area contributed by atoms with E-state index in [9.17, 15) is 0 Å². The van der Waals surface area contributed by atoms with Gasteiger partial charge in [-0.05, 0) is 43.8 Å². The largest absolute Gasteiger partial charge is 0.330 e. The van der Waals surface area contributed by atoms with Gasteiger partial charge in [0, 0.05) is 12.0 Å². The third-order valence-electron chi connectivity index (χ3n) is 3.70. The highest BCUT2D eigenvalue weighted by Gasteiger charge is 2.37. The maximum Gasteiger partial charge on any atom is 0.0143 e. The van der Waals surface area contributed by atoms with Crippen LogP contribution in [0, 0.1) is 5.92 Å². The molecule has 1 saturated carbocycles. The van der Waals surface area contributed by atoms with Crippen molar-refractivity contribution in [1.82, 2.24) is 5.32 Å². The molecule has 1 fully saturated rings. The first-order valence-corrected chi connectivity index (χ1v) is 6.79. The van der Waals surface area contributed by atoms with Gasteiger partial charge in [-0.1, -0.05) is 37.3 Å². The number of hydrogen-bond acceptors (Lipinski definition) is 2. The van der Waals surface area contributed by atoms with Crippen molar-refractivity contribution in [2.24, 2.45) is 11.7 Å². The van der Waals surface area contributed by atoms with Crippen molar-refractivity contribution in [2.75, 3.05) is 13.1 Å². The Morgan fingerprint density at radius 1 is 1.35 bits per heavy atom. The molecule has 2 heteroatoms. The van der Waals surface area contributed by atoms with Crippen molar-refractivity contribution in [1.29, 1.82) is 0 Å². The molecule has 0 aliphatic heterocycles. The molecule has 0 saturated heterocycles. The highest BCUT2D eigenvalue weighted by atomic mass is 15.0. The van der Waals surface area contributed by atoms with E-state index in [1.54, 1.807) is 0 Å². The number of hydrogen-bond donors (Lipinski definition) is 2. The van der Waals surface area contributed by atoms with E-state index in [-0.39, 0.29) is 0 Å². The van der Waals surface area contributed by atoms with Crippen LogP contribution in [0.5, 0.6) is 0 Å². The molecule has 3 atom stereocenters. The van der Waals surface area contributed by atoms with E-state index in [0.717, 1.165) is 19.0 Å². The molecule has 1 aromatic carbocycles. The molecular formula is C15H24N2. The van der Waals surface area contributed by atoms with Crippen LogP contribution in [-0.2, 0) is 0 Å². The summed E-state index contributed by atoms with van der Waals surface area (Å²) in [5.41, 5.74) is 7.09. The summed E-state index contributed by atoms with van der Waals surface area (Å²) in [6.07, 6.45) is 3.79. The summed E-state index contributed by atoms with van der Waals surface area (Å²) in [5, 5.41) is 3.64. The fourth-order valence-corrected chi connectivity index (χ4v) is 2.35. The van der Waals surface area contributed by atoms with Crippen LogP contribution in [-0.4, -0.2) is 19.1 Å². The quantitative estimate of drug-likeness (QED) is 0.709. The molecule has 0 amide bonds. The molecule has 17 heavy (non-hydrogen) atoms. The molecule has 0 aromatic heterocycles. The predicted molar refractivity (Wildman–Crippen MR) is 73.0 cm³/mol. The highest BCUT2D eigenvalue weighted by molar-refractivity contribution is 5.27. The Labute approximate surface area is 105 Å². The zero-order valence-electron chi connectivity index (χ0n) is 10.7. The Balaban J connectivity index is 1.61. The number of nitrogens with two attached hydrogens (primary N) is 1. The van der Waals surface area contributed by atoms with Crippen LogP contribution in [0.15, 0.2) is 30.3 Å². The third-order valence-corrected chi connectivity index (χ3v) is 3.70. The summed E-state index contributed by atoms with van der Waals surface area (Å²) in [4.78, 5) is 0. The minimum atomic E-state index is 0.668. The van der Waals surface area contributed by atoms with E-state index in [2.05, 4.69) is 42.6 Å². The SMILES string of the molecule is CC(CN)CCCNC1CC1c1ccccc1. The van der Waals surface area contributed by atoms with Gasteiger partial charge in [0.05, 0.1) is 0 Å². The first kappa shape index (κ1) is 12.6. The average molecular weight is 232 g/mol. The summed E-state index contributed by atoms with van der Waals surface area (Å²) >= 11 is 0. The molecule has 1 aromatic rings. The molecule has 0 bridgehead atoms. The smallest absolute Gasteiger partial charge is 0.0143 e. The van der Waals surface area contributed by atoms with Gasteiger partial charge in [0.25, 0.3) is 0 Å². The van der Waals surface area contributed by atoms with Crippen LogP contribution in [0.25, 0.3) is 0 Å². The second-order valence-corrected chi connectivity index (χ2v) is 5.30. The highest BCUT2D eigenvalue weighted by Crippen LogP contribution is 2.40. The van der Waals surface area contributed by atoms with Crippen molar-refractivity contribution in [3.63, 3.8) is 0 Å². The summed E-state index contributed by atoms with van der Waals surface area (Å²) in [7, 11) is 0. The molecule has 2 rings (SSSR count). The minimum Gasteiger partial charge on any atom is -0.330 e. The topological polar surface area (TPSA) is 38.0 Å². The van der Waals surface area contributed by atoms with E-state index in [0.29, 0.717) is 12.0 Å². The van der Waals surface area contributed by atoms with E-state index >= 15 is 0 Å². The second-order valence-electron chi connectivity index (χ2n) is 5.30. The standard InChI is InChI=1S/C15H24N2/c1-12(11-16)6-5-9-17-15-10-14(15)13-7-3-2-4-8-13/h2-4,7-8,12,14-15,17H,5-6,9-11,16H2,1H3. The van der Waals surface area contributed by atoms with Crippen molar-refractivity contribution in [2.45, 2.75) is 38.1 Å². The zero-order chi connectivity index (χ0) is 12.1. The Bertz CT molecular complexity index is 323. The maximum absolute atomic E-state index is 5.60. The molecule has 0 heterocycles. The van der Waals surface area contributed by atoms with Crippen LogP contribution in [0.4, 0.5) is 0 Å². The van der Waals surface area contributed by atoms with Gasteiger partial charge in [-0.25, -0.2) is 0 Å². The zero-order valence-corrected chi connectivity index (χ0v) is 10.7. The van der Waals surface area contributed by atoms with Crippen LogP contribution < -0.4 is 11.1 Å². The van der Waals surface area contributed by atoms with Crippen LogP contribution in [0.2, 0.25) is 0 Å². The van der Waals surface area contributed by atoms with Gasteiger partial charge >= 0.3 is 0 Å². The summed E-state index contributed by atoms with van der Waals surface area (Å²) in [6, 6.07) is 11.5. The molecule has 1 aliphatic rings. The fraction of sp³-hybridized carbons (Fsp3) is 0.600. The van der Waals surface area contributed by atoms with Gasteiger partial charge in [0.15, 0.2) is 0 Å². The van der Waals surface area contributed by atoms with Gasteiger partial charge in [-0.2, -0.15) is 0 Å². The Morgan fingerprint density at radius 2 is 2.12 bits per heavy atom. The first-order valence-electron chi connectivity index (χ1n) is 6.79. The maximum atomic E-state index is 5.60. The van der Waals surface area contributed by atoms with Crippen molar-refractivity contribution in [3.8, 4) is 0 Å². The van der Waals surface area contributed by atoms with E-state index < -0.39 is 0 Å². The predicted octanol–water partition coefficient (Wildman–Crippen LogP) is 2.51. The average Bonchev–Trinajstić information content (AvgIpc) is 3.15. The first-order chi connectivity index (χ1) is 8.31. The van der Waals surface area contributed by atoms with Crippen molar-refractivity contribution in [3.05, 3.63) is 35.9 Å². The third kappa shape index (κ3) is 3.83. The lowest BCUT2D eigenvalue weighted by Gasteiger charge is -2.08. The molecule has 3 unspecified atom stereocenters. The van der Waals surface area contributed by atoms with Crippen molar-refractivity contribution >= 4 is 0 Å². The Kier molecular flexibility index (Phi) is 4.57. The van der Waals surface area contributed by atoms with E-state index in [1.807, 2.05) is 0 Å². The van der Waals surface area contributed by atoms with Gasteiger partial charge < -0.3 is 11.1 Å². The molecule has 1 aliphatic carbocycles. The lowest BCUT2D eigenvalue weighted by molar-refractivity contribution is 0.499.